The zero-order valence-corrected chi connectivity index (χ0v) is 10.8. The zero-order chi connectivity index (χ0) is 11.8. The first-order valence-corrected chi connectivity index (χ1v) is 6.95. The number of benzene rings is 1. The second-order valence-corrected chi connectivity index (χ2v) is 5.67. The van der Waals surface area contributed by atoms with Crippen molar-refractivity contribution in [1.82, 2.24) is 4.98 Å². The molecule has 0 radical (unpaired) electrons. The molecular weight excluding hydrogens is 228 g/mol. The number of anilines is 1. The average molecular weight is 244 g/mol. The highest BCUT2D eigenvalue weighted by molar-refractivity contribution is 7.16. The lowest BCUT2D eigenvalue weighted by Crippen LogP contribution is -2.09. The number of hydrogen-bond donors (Lipinski definition) is 1. The van der Waals surface area contributed by atoms with Gasteiger partial charge in [0, 0.05) is 10.4 Å². The molecule has 0 bridgehead atoms. The van der Waals surface area contributed by atoms with Gasteiger partial charge in [0.1, 0.15) is 0 Å². The monoisotopic (exact) mass is 244 g/mol. The minimum Gasteiger partial charge on any atom is -0.375 e. The van der Waals surface area contributed by atoms with E-state index in [9.17, 15) is 0 Å². The van der Waals surface area contributed by atoms with Crippen LogP contribution in [0.4, 0.5) is 5.13 Å². The first kappa shape index (κ1) is 10.8. The van der Waals surface area contributed by atoms with E-state index in [0.29, 0.717) is 11.0 Å². The summed E-state index contributed by atoms with van der Waals surface area (Å²) in [4.78, 5) is 5.91. The van der Waals surface area contributed by atoms with E-state index in [4.69, 9.17) is 5.73 Å². The summed E-state index contributed by atoms with van der Waals surface area (Å²) in [5.41, 5.74) is 9.71. The molecule has 1 unspecified atom stereocenters. The van der Waals surface area contributed by atoms with Gasteiger partial charge in [-0.15, -0.1) is 11.3 Å². The molecule has 0 spiro atoms. The van der Waals surface area contributed by atoms with Crippen molar-refractivity contribution in [2.45, 2.75) is 32.1 Å². The maximum atomic E-state index is 5.88. The van der Waals surface area contributed by atoms with E-state index in [1.165, 1.54) is 28.8 Å². The van der Waals surface area contributed by atoms with Gasteiger partial charge in [0.05, 0.1) is 5.69 Å². The van der Waals surface area contributed by atoms with Gasteiger partial charge >= 0.3 is 0 Å². The lowest BCUT2D eigenvalue weighted by Gasteiger charge is -2.23. The Bertz CT molecular complexity index is 545. The van der Waals surface area contributed by atoms with Gasteiger partial charge in [0.2, 0.25) is 0 Å². The Kier molecular flexibility index (Phi) is 2.63. The minimum absolute atomic E-state index is 0.611. The fraction of sp³-hybridized carbons (Fsp3) is 0.357. The quantitative estimate of drug-likeness (QED) is 0.872. The molecule has 1 aliphatic rings. The molecule has 2 nitrogen and oxygen atoms in total. The van der Waals surface area contributed by atoms with E-state index in [-0.39, 0.29) is 0 Å². The smallest absolute Gasteiger partial charge is 0.180 e. The molecule has 88 valence electrons. The largest absolute Gasteiger partial charge is 0.375 e. The van der Waals surface area contributed by atoms with Crippen LogP contribution in [-0.4, -0.2) is 4.98 Å². The average Bonchev–Trinajstić information content (AvgIpc) is 2.72. The molecule has 1 heterocycles. The molecule has 1 atom stereocenters. The third-order valence-corrected chi connectivity index (χ3v) is 4.46. The minimum atomic E-state index is 0.611. The molecule has 1 aliphatic carbocycles. The van der Waals surface area contributed by atoms with Crippen LogP contribution in [0.1, 0.15) is 36.1 Å². The number of thiazole rings is 1. The van der Waals surface area contributed by atoms with Crippen molar-refractivity contribution in [3.8, 4) is 11.3 Å². The van der Waals surface area contributed by atoms with E-state index in [2.05, 4.69) is 36.2 Å². The third kappa shape index (κ3) is 1.75. The summed E-state index contributed by atoms with van der Waals surface area (Å²) < 4.78 is 0. The van der Waals surface area contributed by atoms with Crippen molar-refractivity contribution in [1.29, 1.82) is 0 Å². The number of aromatic nitrogens is 1. The van der Waals surface area contributed by atoms with Crippen molar-refractivity contribution in [2.75, 3.05) is 5.73 Å². The summed E-state index contributed by atoms with van der Waals surface area (Å²) in [5.74, 6) is 0.611. The molecule has 1 aromatic carbocycles. The van der Waals surface area contributed by atoms with Crippen LogP contribution in [-0.2, 0) is 6.42 Å². The molecule has 3 heteroatoms. The van der Waals surface area contributed by atoms with Crippen LogP contribution in [0.25, 0.3) is 11.3 Å². The molecule has 0 aliphatic heterocycles. The van der Waals surface area contributed by atoms with Gasteiger partial charge < -0.3 is 5.73 Å². The predicted molar refractivity (Wildman–Crippen MR) is 73.3 cm³/mol. The van der Waals surface area contributed by atoms with Crippen LogP contribution >= 0.6 is 11.3 Å². The van der Waals surface area contributed by atoms with Crippen molar-refractivity contribution in [2.24, 2.45) is 0 Å². The Morgan fingerprint density at radius 3 is 3.06 bits per heavy atom. The number of fused-ring (bicyclic) bond motifs is 3. The van der Waals surface area contributed by atoms with Crippen molar-refractivity contribution in [3.63, 3.8) is 0 Å². The maximum absolute atomic E-state index is 5.88. The summed E-state index contributed by atoms with van der Waals surface area (Å²) in [6, 6.07) is 8.58. The van der Waals surface area contributed by atoms with Gasteiger partial charge in [-0.3, -0.25) is 0 Å². The van der Waals surface area contributed by atoms with E-state index in [1.54, 1.807) is 11.3 Å². The van der Waals surface area contributed by atoms with E-state index in [1.807, 2.05) is 0 Å². The van der Waals surface area contributed by atoms with E-state index < -0.39 is 0 Å². The highest BCUT2D eigenvalue weighted by atomic mass is 32.1. The number of nitrogen functional groups attached to an aromatic ring is 1. The first-order chi connectivity index (χ1) is 8.29. The fourth-order valence-electron chi connectivity index (χ4n) is 2.69. The first-order valence-electron chi connectivity index (χ1n) is 6.14. The van der Waals surface area contributed by atoms with Crippen molar-refractivity contribution >= 4 is 16.5 Å². The fourth-order valence-corrected chi connectivity index (χ4v) is 3.67. The molecule has 0 amide bonds. The Morgan fingerprint density at radius 1 is 1.41 bits per heavy atom. The molecule has 0 saturated carbocycles. The van der Waals surface area contributed by atoms with Crippen LogP contribution in [0.2, 0.25) is 0 Å². The summed E-state index contributed by atoms with van der Waals surface area (Å²) in [6.45, 7) is 2.24. The van der Waals surface area contributed by atoms with Gasteiger partial charge in [-0.1, -0.05) is 37.6 Å². The molecule has 0 fully saturated rings. The lowest BCUT2D eigenvalue weighted by atomic mass is 9.84. The van der Waals surface area contributed by atoms with Crippen LogP contribution in [0.15, 0.2) is 24.3 Å². The SMILES string of the molecule is CCCC1Cc2ccccc2-c2nc(N)sc21. The van der Waals surface area contributed by atoms with Gasteiger partial charge in [-0.05, 0) is 24.3 Å². The van der Waals surface area contributed by atoms with Gasteiger partial charge in [-0.2, -0.15) is 0 Å². The highest BCUT2D eigenvalue weighted by Crippen LogP contribution is 2.44. The normalized spacial score (nSPS) is 17.6. The molecule has 3 rings (SSSR count). The zero-order valence-electron chi connectivity index (χ0n) is 9.94. The van der Waals surface area contributed by atoms with Crippen LogP contribution < -0.4 is 5.73 Å². The van der Waals surface area contributed by atoms with Gasteiger partial charge in [-0.25, -0.2) is 4.98 Å². The Hall–Kier alpha value is -1.35. The van der Waals surface area contributed by atoms with Crippen molar-refractivity contribution < 1.29 is 0 Å². The summed E-state index contributed by atoms with van der Waals surface area (Å²) in [5, 5.41) is 0.702. The molecular formula is C14H16N2S. The Labute approximate surface area is 106 Å². The molecule has 1 aromatic heterocycles. The van der Waals surface area contributed by atoms with E-state index in [0.717, 1.165) is 12.1 Å². The van der Waals surface area contributed by atoms with Gasteiger partial charge in [0.25, 0.3) is 0 Å². The maximum Gasteiger partial charge on any atom is 0.180 e. The van der Waals surface area contributed by atoms with Gasteiger partial charge in [0.15, 0.2) is 5.13 Å². The Morgan fingerprint density at radius 2 is 2.24 bits per heavy atom. The molecule has 0 saturated heterocycles. The Balaban J connectivity index is 2.15. The second kappa shape index (κ2) is 4.15. The molecule has 2 N–H and O–H groups in total. The number of rotatable bonds is 2. The van der Waals surface area contributed by atoms with Crippen molar-refractivity contribution in [3.05, 3.63) is 34.7 Å². The third-order valence-electron chi connectivity index (χ3n) is 3.42. The summed E-state index contributed by atoms with van der Waals surface area (Å²) >= 11 is 1.67. The van der Waals surface area contributed by atoms with Crippen LogP contribution in [0.3, 0.4) is 0 Å². The number of hydrogen-bond acceptors (Lipinski definition) is 3. The second-order valence-electron chi connectivity index (χ2n) is 4.61. The topological polar surface area (TPSA) is 38.9 Å². The highest BCUT2D eigenvalue weighted by Gasteiger charge is 2.27. The lowest BCUT2D eigenvalue weighted by molar-refractivity contribution is 0.613. The standard InChI is InChI=1S/C14H16N2S/c1-2-5-10-8-9-6-3-4-7-11(9)12-13(10)17-14(15)16-12/h3-4,6-7,10H,2,5,8H2,1H3,(H2,15,16). The molecule has 17 heavy (non-hydrogen) atoms. The molecule has 2 aromatic rings. The van der Waals surface area contributed by atoms with Crippen LogP contribution in [0, 0.1) is 0 Å². The van der Waals surface area contributed by atoms with E-state index >= 15 is 0 Å². The predicted octanol–water partition coefficient (Wildman–Crippen LogP) is 3.83. The summed E-state index contributed by atoms with van der Waals surface area (Å²) in [6.07, 6.45) is 3.58. The number of nitrogens with zero attached hydrogens (tertiary/aromatic N) is 1. The summed E-state index contributed by atoms with van der Waals surface area (Å²) in [7, 11) is 0. The number of nitrogens with two attached hydrogens (primary N) is 1. The van der Waals surface area contributed by atoms with Crippen LogP contribution in [0.5, 0.6) is 0 Å².